The third-order valence-electron chi connectivity index (χ3n) is 4.26. The maximum Gasteiger partial charge on any atom is 0.226 e. The Labute approximate surface area is 103 Å². The van der Waals surface area contributed by atoms with Gasteiger partial charge in [0, 0.05) is 19.2 Å². The van der Waals surface area contributed by atoms with Gasteiger partial charge in [0.25, 0.3) is 0 Å². The van der Waals surface area contributed by atoms with Crippen molar-refractivity contribution in [2.45, 2.75) is 51.2 Å². The zero-order chi connectivity index (χ0) is 12.3. The molecule has 1 heterocycles. The van der Waals surface area contributed by atoms with Crippen LogP contribution >= 0.6 is 0 Å². The quantitative estimate of drug-likeness (QED) is 0.772. The zero-order valence-electron chi connectivity index (χ0n) is 10.7. The Bertz CT molecular complexity index is 264. The lowest BCUT2D eigenvalue weighted by molar-refractivity contribution is -0.127. The predicted molar refractivity (Wildman–Crippen MR) is 66.5 cm³/mol. The Balaban J connectivity index is 1.87. The molecule has 0 aromatic rings. The molecule has 2 fully saturated rings. The van der Waals surface area contributed by atoms with Gasteiger partial charge in [0.05, 0.1) is 12.0 Å². The number of nitrogens with two attached hydrogens (primary N) is 1. The van der Waals surface area contributed by atoms with Crippen LogP contribution in [-0.4, -0.2) is 31.2 Å². The van der Waals surface area contributed by atoms with Gasteiger partial charge in [-0.2, -0.15) is 0 Å². The number of ether oxygens (including phenoxy) is 1. The summed E-state index contributed by atoms with van der Waals surface area (Å²) < 4.78 is 5.44. The van der Waals surface area contributed by atoms with Crippen molar-refractivity contribution in [1.82, 2.24) is 5.32 Å². The number of nitrogens with one attached hydrogen (secondary N) is 1. The van der Waals surface area contributed by atoms with Gasteiger partial charge < -0.3 is 15.8 Å². The number of carbonyl (C=O) groups excluding carboxylic acids is 1. The second-order valence-electron chi connectivity index (χ2n) is 5.37. The van der Waals surface area contributed by atoms with Crippen molar-refractivity contribution in [3.63, 3.8) is 0 Å². The van der Waals surface area contributed by atoms with Crippen LogP contribution in [0, 0.1) is 11.8 Å². The second-order valence-corrected chi connectivity index (χ2v) is 5.37. The van der Waals surface area contributed by atoms with Crippen LogP contribution in [0.25, 0.3) is 0 Å². The predicted octanol–water partition coefficient (Wildman–Crippen LogP) is 1.05. The smallest absolute Gasteiger partial charge is 0.226 e. The molecule has 0 bridgehead atoms. The fourth-order valence-electron chi connectivity index (χ4n) is 3.09. The topological polar surface area (TPSA) is 64.3 Å². The molecule has 1 saturated heterocycles. The molecule has 0 aromatic heterocycles. The molecule has 98 valence electrons. The zero-order valence-corrected chi connectivity index (χ0v) is 10.7. The molecule has 17 heavy (non-hydrogen) atoms. The molecule has 0 spiro atoms. The first kappa shape index (κ1) is 12.8. The van der Waals surface area contributed by atoms with Crippen molar-refractivity contribution in [3.05, 3.63) is 0 Å². The Morgan fingerprint density at radius 1 is 1.41 bits per heavy atom. The number of rotatable bonds is 4. The van der Waals surface area contributed by atoms with Crippen LogP contribution in [-0.2, 0) is 9.53 Å². The van der Waals surface area contributed by atoms with Gasteiger partial charge in [-0.15, -0.1) is 0 Å². The Kier molecular flexibility index (Phi) is 4.40. The maximum absolute atomic E-state index is 12.1. The number of hydrogen-bond donors (Lipinski definition) is 2. The van der Waals surface area contributed by atoms with Gasteiger partial charge in [-0.05, 0) is 32.1 Å². The number of hydrogen-bond acceptors (Lipinski definition) is 3. The van der Waals surface area contributed by atoms with E-state index in [1.165, 1.54) is 25.7 Å². The van der Waals surface area contributed by atoms with Gasteiger partial charge in [0.2, 0.25) is 5.91 Å². The van der Waals surface area contributed by atoms with Gasteiger partial charge in [0.15, 0.2) is 0 Å². The van der Waals surface area contributed by atoms with Crippen molar-refractivity contribution < 1.29 is 9.53 Å². The van der Waals surface area contributed by atoms with Gasteiger partial charge in [-0.25, -0.2) is 0 Å². The third-order valence-corrected chi connectivity index (χ3v) is 4.26. The molecule has 1 amide bonds. The van der Waals surface area contributed by atoms with Crippen molar-refractivity contribution in [1.29, 1.82) is 0 Å². The van der Waals surface area contributed by atoms with Crippen molar-refractivity contribution in [2.75, 3.05) is 13.2 Å². The lowest BCUT2D eigenvalue weighted by atomic mass is 9.96. The molecule has 1 aliphatic heterocycles. The highest BCUT2D eigenvalue weighted by atomic mass is 16.5. The van der Waals surface area contributed by atoms with Gasteiger partial charge in [-0.1, -0.05) is 12.8 Å². The Morgan fingerprint density at radius 2 is 2.12 bits per heavy atom. The van der Waals surface area contributed by atoms with E-state index in [0.717, 1.165) is 6.42 Å². The molecule has 4 heteroatoms. The third kappa shape index (κ3) is 2.99. The van der Waals surface area contributed by atoms with Crippen LogP contribution in [0.15, 0.2) is 0 Å². The lowest BCUT2D eigenvalue weighted by Gasteiger charge is -2.25. The summed E-state index contributed by atoms with van der Waals surface area (Å²) in [6.45, 7) is 3.23. The molecule has 2 rings (SSSR count). The largest absolute Gasteiger partial charge is 0.378 e. The maximum atomic E-state index is 12.1. The molecule has 2 aliphatic rings. The van der Waals surface area contributed by atoms with Crippen LogP contribution in [0.2, 0.25) is 0 Å². The average molecular weight is 240 g/mol. The molecule has 0 aromatic carbocycles. The first-order chi connectivity index (χ1) is 8.22. The Morgan fingerprint density at radius 3 is 2.65 bits per heavy atom. The molecular formula is C13H24N2O2. The first-order valence-electron chi connectivity index (χ1n) is 6.84. The first-order valence-corrected chi connectivity index (χ1v) is 6.84. The van der Waals surface area contributed by atoms with Crippen LogP contribution in [0.5, 0.6) is 0 Å². The van der Waals surface area contributed by atoms with E-state index in [1.807, 2.05) is 6.92 Å². The summed E-state index contributed by atoms with van der Waals surface area (Å²) in [6.07, 6.45) is 5.86. The van der Waals surface area contributed by atoms with Gasteiger partial charge in [-0.3, -0.25) is 4.79 Å². The minimum atomic E-state index is 0.0189. The summed E-state index contributed by atoms with van der Waals surface area (Å²) >= 11 is 0. The summed E-state index contributed by atoms with van der Waals surface area (Å²) in [7, 11) is 0. The highest BCUT2D eigenvalue weighted by Gasteiger charge is 2.33. The van der Waals surface area contributed by atoms with Crippen LogP contribution in [0.1, 0.15) is 39.0 Å². The van der Waals surface area contributed by atoms with E-state index in [9.17, 15) is 4.79 Å². The fraction of sp³-hybridized carbons (Fsp3) is 0.923. The van der Waals surface area contributed by atoms with Gasteiger partial charge >= 0.3 is 0 Å². The molecule has 1 aliphatic carbocycles. The van der Waals surface area contributed by atoms with E-state index in [-0.39, 0.29) is 24.0 Å². The summed E-state index contributed by atoms with van der Waals surface area (Å²) in [5.74, 6) is 0.740. The number of carbonyl (C=O) groups is 1. The Hall–Kier alpha value is -0.610. The van der Waals surface area contributed by atoms with Gasteiger partial charge in [0.1, 0.15) is 0 Å². The van der Waals surface area contributed by atoms with E-state index in [2.05, 4.69) is 5.32 Å². The van der Waals surface area contributed by atoms with Crippen molar-refractivity contribution >= 4 is 5.91 Å². The van der Waals surface area contributed by atoms with Crippen LogP contribution in [0.3, 0.4) is 0 Å². The summed E-state index contributed by atoms with van der Waals surface area (Å²) in [5.41, 5.74) is 5.79. The molecule has 1 saturated carbocycles. The molecule has 3 atom stereocenters. The number of amides is 1. The van der Waals surface area contributed by atoms with Crippen molar-refractivity contribution in [2.24, 2.45) is 17.6 Å². The molecule has 4 nitrogen and oxygen atoms in total. The normalized spacial score (nSPS) is 31.6. The second kappa shape index (κ2) is 5.83. The lowest BCUT2D eigenvalue weighted by Crippen LogP contribution is -2.47. The van der Waals surface area contributed by atoms with Crippen LogP contribution in [0.4, 0.5) is 0 Å². The summed E-state index contributed by atoms with van der Waals surface area (Å²) in [5, 5.41) is 3.14. The fourth-order valence-corrected chi connectivity index (χ4v) is 3.09. The van der Waals surface area contributed by atoms with E-state index in [4.69, 9.17) is 10.5 Å². The van der Waals surface area contributed by atoms with Crippen LogP contribution < -0.4 is 11.1 Å². The molecule has 3 N–H and O–H groups in total. The van der Waals surface area contributed by atoms with E-state index >= 15 is 0 Å². The summed E-state index contributed by atoms with van der Waals surface area (Å²) in [6, 6.07) is 0.165. The highest BCUT2D eigenvalue weighted by Crippen LogP contribution is 2.28. The minimum absolute atomic E-state index is 0.0189. The minimum Gasteiger partial charge on any atom is -0.378 e. The molecule has 3 unspecified atom stereocenters. The van der Waals surface area contributed by atoms with Crippen molar-refractivity contribution in [3.8, 4) is 0 Å². The SMILES string of the molecule is CC1OCCC1C(=O)NC(CN)C1CCCC1. The summed E-state index contributed by atoms with van der Waals surface area (Å²) in [4.78, 5) is 12.1. The molecular weight excluding hydrogens is 216 g/mol. The standard InChI is InChI=1S/C13H24N2O2/c1-9-11(6-7-17-9)13(16)15-12(8-14)10-4-2-3-5-10/h9-12H,2-8,14H2,1H3,(H,15,16). The van der Waals surface area contributed by atoms with E-state index in [0.29, 0.717) is 19.1 Å². The monoisotopic (exact) mass is 240 g/mol. The average Bonchev–Trinajstić information content (AvgIpc) is 2.96. The highest BCUT2D eigenvalue weighted by molar-refractivity contribution is 5.79. The molecule has 0 radical (unpaired) electrons. The van der Waals surface area contributed by atoms with E-state index < -0.39 is 0 Å². The van der Waals surface area contributed by atoms with E-state index in [1.54, 1.807) is 0 Å².